The van der Waals surface area contributed by atoms with Crippen molar-refractivity contribution in [2.45, 2.75) is 32.7 Å². The lowest BCUT2D eigenvalue weighted by atomic mass is 10.2. The Bertz CT molecular complexity index is 759. The molecule has 0 saturated carbocycles. The molecule has 2 N–H and O–H groups in total. The number of nitrogens with one attached hydrogen (secondary N) is 2. The Hall–Kier alpha value is -2.41. The van der Waals surface area contributed by atoms with Crippen LogP contribution in [0.2, 0.25) is 0 Å². The van der Waals surface area contributed by atoms with E-state index < -0.39 is 0 Å². The minimum atomic E-state index is 0.285. The van der Waals surface area contributed by atoms with Crippen LogP contribution in [0.5, 0.6) is 0 Å². The number of carbonyl (C=O) groups excluding carboxylic acids is 1. The van der Waals surface area contributed by atoms with Crippen LogP contribution >= 0.6 is 11.3 Å². The van der Waals surface area contributed by atoms with Crippen molar-refractivity contribution in [2.24, 2.45) is 4.99 Å². The molecule has 1 aliphatic heterocycles. The highest BCUT2D eigenvalue weighted by Crippen LogP contribution is 2.23. The van der Waals surface area contributed by atoms with E-state index in [9.17, 15) is 4.79 Å². The molecule has 0 spiro atoms. The topological polar surface area (TPSA) is 69.6 Å². The molecule has 1 saturated heterocycles. The van der Waals surface area contributed by atoms with Crippen LogP contribution in [-0.2, 0) is 11.3 Å². The molecular formula is C20H27N5OS. The highest BCUT2D eigenvalue weighted by Gasteiger charge is 2.18. The Morgan fingerprint density at radius 3 is 2.89 bits per heavy atom. The van der Waals surface area contributed by atoms with Crippen LogP contribution in [0.25, 0.3) is 10.6 Å². The van der Waals surface area contributed by atoms with Gasteiger partial charge in [0.25, 0.3) is 0 Å². The molecule has 0 aliphatic carbocycles. The fourth-order valence-corrected chi connectivity index (χ4v) is 3.83. The molecule has 0 bridgehead atoms. The summed E-state index contributed by atoms with van der Waals surface area (Å²) in [5, 5.41) is 9.69. The van der Waals surface area contributed by atoms with E-state index in [1.807, 2.05) is 23.1 Å². The van der Waals surface area contributed by atoms with Crippen LogP contribution in [0, 0.1) is 0 Å². The second-order valence-corrected chi connectivity index (χ2v) is 7.33. The monoisotopic (exact) mass is 385 g/mol. The van der Waals surface area contributed by atoms with E-state index in [1.165, 1.54) is 0 Å². The van der Waals surface area contributed by atoms with Gasteiger partial charge in [-0.2, -0.15) is 0 Å². The van der Waals surface area contributed by atoms with Crippen molar-refractivity contribution >= 4 is 23.2 Å². The summed E-state index contributed by atoms with van der Waals surface area (Å²) >= 11 is 1.64. The average Bonchev–Trinajstić information content (AvgIpc) is 3.33. The maximum absolute atomic E-state index is 11.6. The van der Waals surface area contributed by atoms with Crippen molar-refractivity contribution < 1.29 is 4.79 Å². The molecule has 0 radical (unpaired) electrons. The molecular weight excluding hydrogens is 358 g/mol. The summed E-state index contributed by atoms with van der Waals surface area (Å²) in [7, 11) is 0. The fourth-order valence-electron chi connectivity index (χ4n) is 3.01. The van der Waals surface area contributed by atoms with Crippen LogP contribution in [0.3, 0.4) is 0 Å². The lowest BCUT2D eigenvalue weighted by molar-refractivity contribution is -0.127. The quantitative estimate of drug-likeness (QED) is 0.416. The number of guanidine groups is 1. The SMILES string of the molecule is CCNC(=NCc1csc(-c2ccccc2)n1)NCCCN1CCCC1=O. The van der Waals surface area contributed by atoms with Gasteiger partial charge < -0.3 is 15.5 Å². The Morgan fingerprint density at radius 1 is 1.30 bits per heavy atom. The molecule has 144 valence electrons. The number of amides is 1. The molecule has 1 aromatic heterocycles. The maximum atomic E-state index is 11.6. The van der Waals surface area contributed by atoms with Gasteiger partial charge in [0.2, 0.25) is 5.91 Å². The van der Waals surface area contributed by atoms with E-state index in [0.29, 0.717) is 13.0 Å². The van der Waals surface area contributed by atoms with Gasteiger partial charge in [0.15, 0.2) is 5.96 Å². The molecule has 1 amide bonds. The van der Waals surface area contributed by atoms with E-state index in [1.54, 1.807) is 11.3 Å². The van der Waals surface area contributed by atoms with Crippen LogP contribution in [0.4, 0.5) is 0 Å². The summed E-state index contributed by atoms with van der Waals surface area (Å²) in [6, 6.07) is 10.2. The predicted molar refractivity (Wildman–Crippen MR) is 111 cm³/mol. The zero-order valence-corrected chi connectivity index (χ0v) is 16.6. The van der Waals surface area contributed by atoms with Crippen molar-refractivity contribution in [3.63, 3.8) is 0 Å². The fraction of sp³-hybridized carbons (Fsp3) is 0.450. The standard InChI is InChI=1S/C20H27N5OS/c1-2-21-20(22-11-7-13-25-12-6-10-18(25)26)23-14-17-15-27-19(24-17)16-8-4-3-5-9-16/h3-5,8-9,15H,2,6-7,10-14H2,1H3,(H2,21,22,23). The third-order valence-electron chi connectivity index (χ3n) is 4.38. The van der Waals surface area contributed by atoms with E-state index in [0.717, 1.165) is 61.2 Å². The first-order valence-electron chi connectivity index (χ1n) is 9.56. The smallest absolute Gasteiger partial charge is 0.222 e. The number of hydrogen-bond acceptors (Lipinski definition) is 4. The molecule has 0 atom stereocenters. The first kappa shape index (κ1) is 19.4. The highest BCUT2D eigenvalue weighted by molar-refractivity contribution is 7.13. The lowest BCUT2D eigenvalue weighted by Gasteiger charge is -2.16. The number of aromatic nitrogens is 1. The molecule has 6 nitrogen and oxygen atoms in total. The van der Waals surface area contributed by atoms with Crippen LogP contribution < -0.4 is 10.6 Å². The van der Waals surface area contributed by atoms with Gasteiger partial charge in [-0.05, 0) is 19.8 Å². The molecule has 2 heterocycles. The van der Waals surface area contributed by atoms with Gasteiger partial charge in [0.05, 0.1) is 12.2 Å². The van der Waals surface area contributed by atoms with Crippen molar-refractivity contribution in [3.05, 3.63) is 41.4 Å². The highest BCUT2D eigenvalue weighted by atomic mass is 32.1. The Morgan fingerprint density at radius 2 is 2.15 bits per heavy atom. The van der Waals surface area contributed by atoms with Crippen LogP contribution in [0.1, 0.15) is 31.9 Å². The summed E-state index contributed by atoms with van der Waals surface area (Å²) in [6.45, 7) is 5.92. The van der Waals surface area contributed by atoms with Gasteiger partial charge in [0, 0.05) is 43.5 Å². The van der Waals surface area contributed by atoms with E-state index in [-0.39, 0.29) is 5.91 Å². The Kier molecular flexibility index (Phi) is 7.21. The van der Waals surface area contributed by atoms with Gasteiger partial charge in [-0.3, -0.25) is 4.79 Å². The van der Waals surface area contributed by atoms with Gasteiger partial charge in [0.1, 0.15) is 5.01 Å². The van der Waals surface area contributed by atoms with Crippen molar-refractivity contribution in [3.8, 4) is 10.6 Å². The number of rotatable bonds is 8. The molecule has 27 heavy (non-hydrogen) atoms. The largest absolute Gasteiger partial charge is 0.357 e. The molecule has 0 unspecified atom stereocenters. The number of hydrogen-bond donors (Lipinski definition) is 2. The molecule has 1 aromatic carbocycles. The second-order valence-electron chi connectivity index (χ2n) is 6.47. The van der Waals surface area contributed by atoms with Gasteiger partial charge in [-0.1, -0.05) is 30.3 Å². The predicted octanol–water partition coefficient (Wildman–Crippen LogP) is 2.88. The maximum Gasteiger partial charge on any atom is 0.222 e. The number of likely N-dealkylation sites (tertiary alicyclic amines) is 1. The van der Waals surface area contributed by atoms with E-state index in [4.69, 9.17) is 0 Å². The van der Waals surface area contributed by atoms with Crippen molar-refractivity contribution in [1.82, 2.24) is 20.5 Å². The summed E-state index contributed by atoms with van der Waals surface area (Å²) in [4.78, 5) is 22.9. The van der Waals surface area contributed by atoms with Crippen LogP contribution in [0.15, 0.2) is 40.7 Å². The molecule has 3 rings (SSSR count). The minimum absolute atomic E-state index is 0.285. The van der Waals surface area contributed by atoms with Gasteiger partial charge in [-0.25, -0.2) is 9.98 Å². The Balaban J connectivity index is 1.48. The van der Waals surface area contributed by atoms with Crippen molar-refractivity contribution in [2.75, 3.05) is 26.2 Å². The molecule has 2 aromatic rings. The third-order valence-corrected chi connectivity index (χ3v) is 5.32. The van der Waals surface area contributed by atoms with Crippen LogP contribution in [-0.4, -0.2) is 47.9 Å². The summed E-state index contributed by atoms with van der Waals surface area (Å²) < 4.78 is 0. The minimum Gasteiger partial charge on any atom is -0.357 e. The van der Waals surface area contributed by atoms with E-state index >= 15 is 0 Å². The summed E-state index contributed by atoms with van der Waals surface area (Å²) in [5.41, 5.74) is 2.11. The number of aliphatic imine (C=N–C) groups is 1. The van der Waals surface area contributed by atoms with Crippen molar-refractivity contribution in [1.29, 1.82) is 0 Å². The summed E-state index contributed by atoms with van der Waals surface area (Å²) in [5.74, 6) is 1.08. The third kappa shape index (κ3) is 5.79. The van der Waals surface area contributed by atoms with Gasteiger partial charge >= 0.3 is 0 Å². The van der Waals surface area contributed by atoms with Gasteiger partial charge in [-0.15, -0.1) is 11.3 Å². The number of carbonyl (C=O) groups is 1. The summed E-state index contributed by atoms with van der Waals surface area (Å²) in [6.07, 6.45) is 2.62. The average molecular weight is 386 g/mol. The Labute approximate surface area is 164 Å². The lowest BCUT2D eigenvalue weighted by Crippen LogP contribution is -2.39. The first-order valence-corrected chi connectivity index (χ1v) is 10.4. The zero-order chi connectivity index (χ0) is 18.9. The molecule has 7 heteroatoms. The molecule has 1 fully saturated rings. The molecule has 1 aliphatic rings. The number of nitrogens with zero attached hydrogens (tertiary/aromatic N) is 3. The number of benzene rings is 1. The van der Waals surface area contributed by atoms with E-state index in [2.05, 4.69) is 45.0 Å². The second kappa shape index (κ2) is 10.1. The first-order chi connectivity index (χ1) is 13.3. The normalized spacial score (nSPS) is 14.6. The zero-order valence-electron chi connectivity index (χ0n) is 15.8. The number of thiazole rings is 1.